The van der Waals surface area contributed by atoms with E-state index < -0.39 is 0 Å². The van der Waals surface area contributed by atoms with Gasteiger partial charge >= 0.3 is 0 Å². The molecule has 1 unspecified atom stereocenters. The van der Waals surface area contributed by atoms with E-state index in [4.69, 9.17) is 14.7 Å². The molecule has 6 heteroatoms. The summed E-state index contributed by atoms with van der Waals surface area (Å²) in [7, 11) is 1.71. The Bertz CT molecular complexity index is 1080. The predicted octanol–water partition coefficient (Wildman–Crippen LogP) is 3.69. The summed E-state index contributed by atoms with van der Waals surface area (Å²) in [6, 6.07) is 8.41. The number of fused-ring (bicyclic) bond motifs is 4. The molecule has 1 aromatic heterocycles. The van der Waals surface area contributed by atoms with Crippen LogP contribution < -0.4 is 15.0 Å². The van der Waals surface area contributed by atoms with Crippen molar-refractivity contribution in [2.75, 3.05) is 51.3 Å². The summed E-state index contributed by atoms with van der Waals surface area (Å²) in [4.78, 5) is 15.0. The third-order valence-corrected chi connectivity index (χ3v) is 8.39. The summed E-state index contributed by atoms with van der Waals surface area (Å²) in [5, 5.41) is 3.57. The van der Waals surface area contributed by atoms with E-state index in [0.29, 0.717) is 11.3 Å². The number of piperidine rings is 1. The molecular weight excluding hydrogens is 422 g/mol. The average Bonchev–Trinajstić information content (AvgIpc) is 2.90. The van der Waals surface area contributed by atoms with Crippen LogP contribution in [0, 0.1) is 11.3 Å². The fraction of sp³-hybridized carbons (Fsp3) is 0.500. The first-order valence-corrected chi connectivity index (χ1v) is 12.8. The Morgan fingerprint density at radius 3 is 2.65 bits per heavy atom. The zero-order valence-corrected chi connectivity index (χ0v) is 20.2. The molecule has 6 rings (SSSR count). The highest BCUT2D eigenvalue weighted by molar-refractivity contribution is 5.73. The summed E-state index contributed by atoms with van der Waals surface area (Å²) >= 11 is 0. The van der Waals surface area contributed by atoms with Gasteiger partial charge in [0.1, 0.15) is 5.75 Å². The first-order valence-electron chi connectivity index (χ1n) is 12.8. The van der Waals surface area contributed by atoms with Crippen LogP contribution in [0.5, 0.6) is 5.75 Å². The van der Waals surface area contributed by atoms with E-state index in [9.17, 15) is 0 Å². The molecule has 6 nitrogen and oxygen atoms in total. The number of nitrogens with one attached hydrogen (secondary N) is 1. The van der Waals surface area contributed by atoms with Gasteiger partial charge in [-0.25, -0.2) is 9.97 Å². The average molecular weight is 458 g/mol. The van der Waals surface area contributed by atoms with Gasteiger partial charge < -0.3 is 15.0 Å². The van der Waals surface area contributed by atoms with E-state index in [1.165, 1.54) is 35.2 Å². The second kappa shape index (κ2) is 9.16. The number of hydrogen-bond donors (Lipinski definition) is 1. The number of rotatable bonds is 4. The number of methoxy groups -OCH3 is 1. The molecule has 0 amide bonds. The van der Waals surface area contributed by atoms with Crippen molar-refractivity contribution < 1.29 is 4.74 Å². The molecule has 2 aliphatic heterocycles. The van der Waals surface area contributed by atoms with Crippen LogP contribution in [0.3, 0.4) is 0 Å². The van der Waals surface area contributed by atoms with Gasteiger partial charge in [0.05, 0.1) is 12.8 Å². The quantitative estimate of drug-likeness (QED) is 0.756. The zero-order chi connectivity index (χ0) is 23.0. The van der Waals surface area contributed by atoms with Crippen LogP contribution in [0.4, 0.5) is 5.95 Å². The Morgan fingerprint density at radius 2 is 1.88 bits per heavy atom. The largest absolute Gasteiger partial charge is 0.497 e. The Balaban J connectivity index is 1.17. The highest BCUT2D eigenvalue weighted by atomic mass is 16.5. The highest BCUT2D eigenvalue weighted by Gasteiger charge is 2.46. The molecule has 0 bridgehead atoms. The Morgan fingerprint density at radius 1 is 1.09 bits per heavy atom. The molecule has 1 spiro atoms. The van der Waals surface area contributed by atoms with Crippen molar-refractivity contribution in [3.8, 4) is 5.75 Å². The van der Waals surface area contributed by atoms with Gasteiger partial charge in [0.25, 0.3) is 0 Å². The number of allylic oxidation sites excluding steroid dienone is 4. The van der Waals surface area contributed by atoms with E-state index in [-0.39, 0.29) is 0 Å². The van der Waals surface area contributed by atoms with Crippen LogP contribution in [0.25, 0.3) is 5.57 Å². The summed E-state index contributed by atoms with van der Waals surface area (Å²) in [5.74, 6) is 2.41. The predicted molar refractivity (Wildman–Crippen MR) is 136 cm³/mol. The molecule has 34 heavy (non-hydrogen) atoms. The van der Waals surface area contributed by atoms with Crippen LogP contribution >= 0.6 is 0 Å². The second-order valence-electron chi connectivity index (χ2n) is 10.3. The fourth-order valence-corrected chi connectivity index (χ4v) is 6.43. The van der Waals surface area contributed by atoms with Gasteiger partial charge in [-0.05, 0) is 78.9 Å². The maximum Gasteiger partial charge on any atom is 0.225 e. The molecule has 2 aliphatic carbocycles. The smallest absolute Gasteiger partial charge is 0.225 e. The van der Waals surface area contributed by atoms with Gasteiger partial charge in [-0.1, -0.05) is 30.4 Å². The topological polar surface area (TPSA) is 53.5 Å². The van der Waals surface area contributed by atoms with Crippen LogP contribution in [-0.4, -0.2) is 61.2 Å². The molecule has 0 radical (unpaired) electrons. The number of nitrogens with zero attached hydrogens (tertiary/aromatic N) is 4. The summed E-state index contributed by atoms with van der Waals surface area (Å²) in [6.07, 6.45) is 13.8. The Kier molecular flexibility index (Phi) is 5.87. The van der Waals surface area contributed by atoms with Crippen LogP contribution in [0.15, 0.2) is 48.7 Å². The van der Waals surface area contributed by atoms with Gasteiger partial charge in [0.15, 0.2) is 0 Å². The molecule has 1 atom stereocenters. The lowest BCUT2D eigenvalue weighted by molar-refractivity contribution is 0.134. The van der Waals surface area contributed by atoms with Crippen molar-refractivity contribution in [2.45, 2.75) is 32.2 Å². The number of piperazine rings is 1. The molecular formula is C28H35N5O. The van der Waals surface area contributed by atoms with Crippen molar-refractivity contribution in [1.82, 2.24) is 20.2 Å². The number of ether oxygens (including phenoxy) is 1. The second-order valence-corrected chi connectivity index (χ2v) is 10.3. The lowest BCUT2D eigenvalue weighted by Crippen LogP contribution is -2.47. The first-order chi connectivity index (χ1) is 16.7. The molecule has 2 fully saturated rings. The molecule has 3 heterocycles. The van der Waals surface area contributed by atoms with Gasteiger partial charge in [0, 0.05) is 38.9 Å². The van der Waals surface area contributed by atoms with Crippen molar-refractivity contribution in [3.05, 3.63) is 65.5 Å². The summed E-state index contributed by atoms with van der Waals surface area (Å²) < 4.78 is 5.28. The van der Waals surface area contributed by atoms with Crippen LogP contribution in [-0.2, 0) is 13.0 Å². The van der Waals surface area contributed by atoms with E-state index in [1.54, 1.807) is 7.11 Å². The van der Waals surface area contributed by atoms with Gasteiger partial charge in [-0.3, -0.25) is 4.90 Å². The molecule has 2 saturated heterocycles. The minimum absolute atomic E-state index is 0.368. The summed E-state index contributed by atoms with van der Waals surface area (Å²) in [5.41, 5.74) is 5.71. The maximum atomic E-state index is 5.28. The lowest BCUT2D eigenvalue weighted by Gasteiger charge is -2.49. The van der Waals surface area contributed by atoms with Gasteiger partial charge in [0.2, 0.25) is 5.95 Å². The summed E-state index contributed by atoms with van der Waals surface area (Å²) in [6.45, 7) is 7.21. The molecule has 4 aliphatic rings. The fourth-order valence-electron chi connectivity index (χ4n) is 6.43. The van der Waals surface area contributed by atoms with Gasteiger partial charge in [-0.15, -0.1) is 0 Å². The SMILES string of the molecule is COc1ccc(CN2CCN(c3ncc4c(n3)C3=CC=CCC3C3(CCNCC3)C4)CC2)cc1. The molecule has 178 valence electrons. The Hall–Kier alpha value is -2.70. The third-order valence-electron chi connectivity index (χ3n) is 8.39. The number of aromatic nitrogens is 2. The van der Waals surface area contributed by atoms with Crippen LogP contribution in [0.2, 0.25) is 0 Å². The van der Waals surface area contributed by atoms with Crippen molar-refractivity contribution in [1.29, 1.82) is 0 Å². The van der Waals surface area contributed by atoms with Gasteiger partial charge in [-0.2, -0.15) is 0 Å². The number of anilines is 1. The van der Waals surface area contributed by atoms with E-state index >= 15 is 0 Å². The normalized spacial score (nSPS) is 23.9. The number of hydrogen-bond acceptors (Lipinski definition) is 6. The van der Waals surface area contributed by atoms with Crippen LogP contribution in [0.1, 0.15) is 36.1 Å². The van der Waals surface area contributed by atoms with Crippen molar-refractivity contribution >= 4 is 11.5 Å². The standard InChI is InChI=1S/C28H35N5O/c1-34-23-8-6-21(7-9-23)20-32-14-16-33(17-15-32)27-30-19-22-18-28(10-12-29-13-11-28)25-5-3-2-4-24(25)26(22)31-27/h2-4,6-9,19,25,29H,5,10-18,20H2,1H3. The Labute approximate surface area is 202 Å². The van der Waals surface area contributed by atoms with E-state index in [1.807, 2.05) is 12.1 Å². The van der Waals surface area contributed by atoms with Crippen molar-refractivity contribution in [3.63, 3.8) is 0 Å². The third kappa shape index (κ3) is 4.03. The lowest BCUT2D eigenvalue weighted by atomic mass is 9.57. The number of benzene rings is 1. The van der Waals surface area contributed by atoms with E-state index in [0.717, 1.165) is 70.4 Å². The molecule has 0 saturated carbocycles. The van der Waals surface area contributed by atoms with Crippen molar-refractivity contribution in [2.24, 2.45) is 11.3 Å². The minimum atomic E-state index is 0.368. The van der Waals surface area contributed by atoms with E-state index in [2.05, 4.69) is 51.7 Å². The zero-order valence-electron chi connectivity index (χ0n) is 20.2. The molecule has 1 N–H and O–H groups in total. The monoisotopic (exact) mass is 457 g/mol. The molecule has 1 aromatic carbocycles. The molecule has 2 aromatic rings. The highest BCUT2D eigenvalue weighted by Crippen LogP contribution is 2.53. The minimum Gasteiger partial charge on any atom is -0.497 e. The maximum absolute atomic E-state index is 5.28. The first kappa shape index (κ1) is 21.8.